The maximum Gasteiger partial charge on any atom is 0.472 e. The van der Waals surface area contributed by atoms with Gasteiger partial charge < -0.3 is 19.7 Å². The zero-order valence-electron chi connectivity index (χ0n) is 33.9. The summed E-state index contributed by atoms with van der Waals surface area (Å²) in [5, 5.41) is 2.81. The first kappa shape index (κ1) is 51.2. The Morgan fingerprint density at radius 3 is 1.59 bits per heavy atom. The van der Waals surface area contributed by atoms with E-state index in [-0.39, 0.29) is 26.1 Å². The molecule has 0 rings (SSSR count). The summed E-state index contributed by atoms with van der Waals surface area (Å²) < 4.78 is 33.1. The molecule has 54 heavy (non-hydrogen) atoms. The number of rotatable bonds is 37. The number of carbonyl (C=O) groups is 2. The van der Waals surface area contributed by atoms with Gasteiger partial charge >= 0.3 is 19.8 Å². The van der Waals surface area contributed by atoms with E-state index < -0.39 is 32.5 Å². The zero-order valence-corrected chi connectivity index (χ0v) is 34.8. The third-order valence-corrected chi connectivity index (χ3v) is 8.98. The largest absolute Gasteiger partial charge is 0.472 e. The molecule has 0 fully saturated rings. The summed E-state index contributed by atoms with van der Waals surface area (Å²) in [6.07, 6.45) is 47.7. The lowest BCUT2D eigenvalue weighted by Crippen LogP contribution is -2.29. The Hall–Kier alpha value is -2.81. The van der Waals surface area contributed by atoms with Crippen LogP contribution in [0, 0.1) is 0 Å². The van der Waals surface area contributed by atoms with Crippen molar-refractivity contribution >= 4 is 19.8 Å². The fourth-order valence-corrected chi connectivity index (χ4v) is 5.65. The monoisotopic (exact) mass is 776 g/mol. The van der Waals surface area contributed by atoms with Gasteiger partial charge in [0, 0.05) is 19.4 Å². The Kier molecular flexibility index (Phi) is 37.8. The molecule has 0 aromatic rings. The van der Waals surface area contributed by atoms with Gasteiger partial charge in [-0.1, -0.05) is 125 Å². The zero-order chi connectivity index (χ0) is 39.6. The number of esters is 2. The van der Waals surface area contributed by atoms with Gasteiger partial charge in [-0.3, -0.25) is 18.6 Å². The lowest BCUT2D eigenvalue weighted by molar-refractivity contribution is -0.161. The quantitative estimate of drug-likeness (QED) is 0.0275. The van der Waals surface area contributed by atoms with Gasteiger partial charge in [0.1, 0.15) is 6.61 Å². The van der Waals surface area contributed by atoms with Crippen molar-refractivity contribution in [3.05, 3.63) is 85.1 Å². The number of carbonyl (C=O) groups excluding carboxylic acids is 2. The Balaban J connectivity index is 4.39. The van der Waals surface area contributed by atoms with Crippen molar-refractivity contribution in [2.45, 2.75) is 148 Å². The number of ether oxygens (including phenoxy) is 2. The highest BCUT2D eigenvalue weighted by Gasteiger charge is 2.26. The number of phosphoric acid groups is 1. The third-order valence-electron chi connectivity index (χ3n) is 8.00. The van der Waals surface area contributed by atoms with E-state index in [4.69, 9.17) is 18.5 Å². The van der Waals surface area contributed by atoms with Crippen molar-refractivity contribution in [3.8, 4) is 0 Å². The Morgan fingerprint density at radius 1 is 0.593 bits per heavy atom. The van der Waals surface area contributed by atoms with Crippen LogP contribution in [0.3, 0.4) is 0 Å². The molecule has 0 bridgehead atoms. The molecule has 2 atom stereocenters. The SMILES string of the molecule is CC/C=C\C/C=C\C/C=C\C/C=C\CCCCCCC(=O)OCC(COP(=O)(O)OCCNC)OC(=O)CCCC/C=C\C/C=C\C/C=C\CCCCC. The molecule has 0 aliphatic carbocycles. The van der Waals surface area contributed by atoms with Crippen LogP contribution in [0.4, 0.5) is 0 Å². The molecule has 9 nitrogen and oxygen atoms in total. The molecule has 0 heterocycles. The van der Waals surface area contributed by atoms with E-state index in [1.807, 2.05) is 0 Å². The van der Waals surface area contributed by atoms with Crippen molar-refractivity contribution < 1.29 is 37.6 Å². The molecule has 0 aliphatic heterocycles. The van der Waals surface area contributed by atoms with Crippen LogP contribution in [0.15, 0.2) is 85.1 Å². The summed E-state index contributed by atoms with van der Waals surface area (Å²) in [5.41, 5.74) is 0. The number of hydrogen-bond donors (Lipinski definition) is 2. The topological polar surface area (TPSA) is 120 Å². The van der Waals surface area contributed by atoms with Gasteiger partial charge in [-0.15, -0.1) is 0 Å². The summed E-state index contributed by atoms with van der Waals surface area (Å²) in [5.74, 6) is -0.889. The average molecular weight is 776 g/mol. The van der Waals surface area contributed by atoms with E-state index in [0.29, 0.717) is 19.4 Å². The van der Waals surface area contributed by atoms with Crippen LogP contribution in [0.1, 0.15) is 142 Å². The normalized spacial score (nSPS) is 14.2. The van der Waals surface area contributed by atoms with E-state index in [1.165, 1.54) is 19.3 Å². The van der Waals surface area contributed by atoms with E-state index in [0.717, 1.165) is 83.5 Å². The number of likely N-dealkylation sites (N-methyl/N-ethyl adjacent to an activating group) is 1. The minimum atomic E-state index is -4.37. The first-order chi connectivity index (χ1) is 26.3. The highest BCUT2D eigenvalue weighted by Crippen LogP contribution is 2.43. The first-order valence-corrected chi connectivity index (χ1v) is 22.0. The van der Waals surface area contributed by atoms with Crippen molar-refractivity contribution in [1.29, 1.82) is 0 Å². The van der Waals surface area contributed by atoms with Gasteiger partial charge in [-0.2, -0.15) is 0 Å². The molecule has 0 aromatic carbocycles. The average Bonchev–Trinajstić information content (AvgIpc) is 3.15. The third kappa shape index (κ3) is 38.9. The second-order valence-electron chi connectivity index (χ2n) is 13.1. The predicted molar refractivity (Wildman–Crippen MR) is 224 cm³/mol. The van der Waals surface area contributed by atoms with Crippen molar-refractivity contribution in [3.63, 3.8) is 0 Å². The van der Waals surface area contributed by atoms with Gasteiger partial charge in [-0.25, -0.2) is 4.57 Å². The Bertz CT molecular complexity index is 1160. The van der Waals surface area contributed by atoms with Crippen LogP contribution in [-0.2, 0) is 32.7 Å². The molecule has 0 amide bonds. The summed E-state index contributed by atoms with van der Waals surface area (Å²) in [6, 6.07) is 0. The standard InChI is InChI=1S/C44H74NO8P/c1-4-6-8-10-12-14-16-18-20-21-23-24-26-28-30-32-34-36-43(46)50-40-42(41-52-54(48,49)51-39-38-45-3)53-44(47)37-35-33-31-29-27-25-22-19-17-15-13-11-9-7-5-2/h6,8,12-15,18-20,22-24,27,29,42,45H,4-5,7,9-11,16-17,21,25-26,28,30-41H2,1-3H3,(H,48,49)/b8-6-,14-12-,15-13-,20-18-,22-19-,24-23-,29-27-. The summed E-state index contributed by atoms with van der Waals surface area (Å²) in [4.78, 5) is 35.0. The molecule has 0 spiro atoms. The van der Waals surface area contributed by atoms with Crippen LogP contribution in [0.25, 0.3) is 0 Å². The number of unbranched alkanes of at least 4 members (excludes halogenated alkanes) is 9. The van der Waals surface area contributed by atoms with Gasteiger partial charge in [0.15, 0.2) is 6.10 Å². The Morgan fingerprint density at radius 2 is 1.06 bits per heavy atom. The van der Waals surface area contributed by atoms with Crippen LogP contribution >= 0.6 is 7.82 Å². The summed E-state index contributed by atoms with van der Waals surface area (Å²) in [6.45, 7) is 3.98. The second-order valence-corrected chi connectivity index (χ2v) is 14.5. The lowest BCUT2D eigenvalue weighted by Gasteiger charge is -2.20. The van der Waals surface area contributed by atoms with E-state index in [2.05, 4.69) is 104 Å². The van der Waals surface area contributed by atoms with Crippen molar-refractivity contribution in [2.75, 3.05) is 33.4 Å². The van der Waals surface area contributed by atoms with Crippen LogP contribution in [-0.4, -0.2) is 56.3 Å². The molecule has 10 heteroatoms. The molecule has 0 aliphatic rings. The van der Waals surface area contributed by atoms with Crippen LogP contribution in [0.5, 0.6) is 0 Å². The second kappa shape index (κ2) is 39.9. The summed E-state index contributed by atoms with van der Waals surface area (Å²) >= 11 is 0. The molecule has 0 radical (unpaired) electrons. The predicted octanol–water partition coefficient (Wildman–Crippen LogP) is 11.5. The highest BCUT2D eigenvalue weighted by molar-refractivity contribution is 7.47. The van der Waals surface area contributed by atoms with Gasteiger partial charge in [-0.05, 0) is 96.9 Å². The summed E-state index contributed by atoms with van der Waals surface area (Å²) in [7, 11) is -2.68. The van der Waals surface area contributed by atoms with Crippen molar-refractivity contribution in [2.24, 2.45) is 0 Å². The van der Waals surface area contributed by atoms with E-state index in [1.54, 1.807) is 7.05 Å². The number of allylic oxidation sites excluding steroid dienone is 14. The molecular weight excluding hydrogens is 701 g/mol. The lowest BCUT2D eigenvalue weighted by atomic mass is 10.1. The minimum absolute atomic E-state index is 0.0333. The molecular formula is C44H74NO8P. The van der Waals surface area contributed by atoms with Crippen LogP contribution in [0.2, 0.25) is 0 Å². The van der Waals surface area contributed by atoms with E-state index >= 15 is 0 Å². The van der Waals surface area contributed by atoms with Gasteiger partial charge in [0.25, 0.3) is 0 Å². The number of phosphoric ester groups is 1. The van der Waals surface area contributed by atoms with E-state index in [9.17, 15) is 19.0 Å². The maximum absolute atomic E-state index is 12.6. The number of hydrogen-bond acceptors (Lipinski definition) is 8. The minimum Gasteiger partial charge on any atom is -0.462 e. The highest BCUT2D eigenvalue weighted by atomic mass is 31.2. The maximum atomic E-state index is 12.6. The van der Waals surface area contributed by atoms with Gasteiger partial charge in [0.05, 0.1) is 13.2 Å². The number of nitrogens with one attached hydrogen (secondary N) is 1. The molecule has 2 N–H and O–H groups in total. The van der Waals surface area contributed by atoms with Gasteiger partial charge in [0.2, 0.25) is 0 Å². The molecule has 308 valence electrons. The molecule has 2 unspecified atom stereocenters. The fraction of sp³-hybridized carbons (Fsp3) is 0.636. The molecule has 0 saturated carbocycles. The fourth-order valence-electron chi connectivity index (χ4n) is 4.90. The molecule has 0 aromatic heterocycles. The van der Waals surface area contributed by atoms with Crippen molar-refractivity contribution in [1.82, 2.24) is 5.32 Å². The Labute approximate surface area is 328 Å². The molecule has 0 saturated heterocycles. The smallest absolute Gasteiger partial charge is 0.462 e. The first-order valence-electron chi connectivity index (χ1n) is 20.5. The van der Waals surface area contributed by atoms with Crippen LogP contribution < -0.4 is 5.32 Å².